The topological polar surface area (TPSA) is 101 Å². The van der Waals surface area contributed by atoms with Crippen LogP contribution in [0.5, 0.6) is 0 Å². The second-order valence-electron chi connectivity index (χ2n) is 13.5. The van der Waals surface area contributed by atoms with Gasteiger partial charge in [-0.25, -0.2) is 0 Å². The summed E-state index contributed by atoms with van der Waals surface area (Å²) in [6.07, 6.45) is 1.97. The molecule has 1 fully saturated rings. The Hall–Kier alpha value is -5.64. The van der Waals surface area contributed by atoms with E-state index in [1.54, 1.807) is 15.8 Å². The van der Waals surface area contributed by atoms with Gasteiger partial charge in [0, 0.05) is 29.1 Å². The van der Waals surface area contributed by atoms with Crippen LogP contribution in [0.2, 0.25) is 0 Å². The van der Waals surface area contributed by atoms with Crippen LogP contribution in [-0.2, 0) is 28.2 Å². The molecule has 0 radical (unpaired) electrons. The molecule has 0 bridgehead atoms. The summed E-state index contributed by atoms with van der Waals surface area (Å²) in [4.78, 5) is 32.2. The van der Waals surface area contributed by atoms with Gasteiger partial charge in [0.2, 0.25) is 0 Å². The number of hydrogen-bond acceptors (Lipinski definition) is 6. The van der Waals surface area contributed by atoms with Gasteiger partial charge in [0.15, 0.2) is 5.60 Å². The van der Waals surface area contributed by atoms with Crippen molar-refractivity contribution in [2.45, 2.75) is 50.7 Å². The molecule has 5 aromatic carbocycles. The fourth-order valence-corrected chi connectivity index (χ4v) is 8.10. The van der Waals surface area contributed by atoms with Crippen molar-refractivity contribution in [3.05, 3.63) is 149 Å². The van der Waals surface area contributed by atoms with Crippen molar-refractivity contribution in [3.63, 3.8) is 0 Å². The maximum atomic E-state index is 14.7. The lowest BCUT2D eigenvalue weighted by Crippen LogP contribution is -2.43. The van der Waals surface area contributed by atoms with Gasteiger partial charge in [-0.1, -0.05) is 97.1 Å². The zero-order valence-corrected chi connectivity index (χ0v) is 27.5. The van der Waals surface area contributed by atoms with Crippen LogP contribution in [0.4, 0.5) is 17.1 Å². The third-order valence-electron chi connectivity index (χ3n) is 10.5. The molecule has 9 nitrogen and oxygen atoms in total. The van der Waals surface area contributed by atoms with E-state index in [4.69, 9.17) is 4.74 Å². The van der Waals surface area contributed by atoms with Crippen LogP contribution in [0.3, 0.4) is 0 Å². The molecule has 248 valence electrons. The largest absolute Gasteiger partial charge is 0.382 e. The molecule has 50 heavy (non-hydrogen) atoms. The number of anilines is 3. The second kappa shape index (κ2) is 11.8. The van der Waals surface area contributed by atoms with Gasteiger partial charge in [-0.15, -0.1) is 5.10 Å². The van der Waals surface area contributed by atoms with Crippen LogP contribution >= 0.6 is 0 Å². The van der Waals surface area contributed by atoms with E-state index in [2.05, 4.69) is 17.2 Å². The summed E-state index contributed by atoms with van der Waals surface area (Å²) in [5.41, 5.74) is 4.85. The zero-order chi connectivity index (χ0) is 34.0. The fraction of sp³-hybridized carbons (Fsp3) is 0.220. The Balaban J connectivity index is 1.04. The first kappa shape index (κ1) is 30.4. The highest BCUT2D eigenvalue weighted by Crippen LogP contribution is 2.55. The third kappa shape index (κ3) is 4.69. The first-order valence-electron chi connectivity index (χ1n) is 17.1. The van der Waals surface area contributed by atoms with Gasteiger partial charge >= 0.3 is 0 Å². The molecule has 0 saturated carbocycles. The lowest BCUT2D eigenvalue weighted by atomic mass is 9.82. The molecule has 3 aliphatic rings. The first-order chi connectivity index (χ1) is 24.4. The van der Waals surface area contributed by atoms with Gasteiger partial charge in [-0.2, -0.15) is 0 Å². The lowest BCUT2D eigenvalue weighted by molar-refractivity contribution is -0.146. The highest BCUT2D eigenvalue weighted by atomic mass is 16.5. The number of aliphatic hydroxyl groups excluding tert-OH is 1. The predicted molar refractivity (Wildman–Crippen MR) is 190 cm³/mol. The summed E-state index contributed by atoms with van der Waals surface area (Å²) < 4.78 is 8.66. The van der Waals surface area contributed by atoms with E-state index in [0.717, 1.165) is 38.8 Å². The standard InChI is InChI=1S/C41H35N5O4/c1-26-22-31(20-21-44-25-34(42-43-44)38(47)29-12-6-3-7-13-29)50-41(26)33-23-30(18-19-35(33)45(40(41)49)24-27-10-4-2-5-11-27)46-36-17-9-15-28-14-8-16-32(37(28)36)39(46)48/h2-19,23,25-26,31,38,47H,20-22,24H2,1H3/t26-,31+,38-,41+/m1/s1. The first-order valence-corrected chi connectivity index (χ1v) is 17.1. The predicted octanol–water partition coefficient (Wildman–Crippen LogP) is 7.06. The number of nitrogens with zero attached hydrogens (tertiary/aromatic N) is 5. The molecule has 4 heterocycles. The van der Waals surface area contributed by atoms with Gasteiger partial charge in [0.1, 0.15) is 11.8 Å². The van der Waals surface area contributed by atoms with Crippen LogP contribution in [0.25, 0.3) is 10.8 Å². The fourth-order valence-electron chi connectivity index (χ4n) is 8.10. The van der Waals surface area contributed by atoms with E-state index >= 15 is 0 Å². The average Bonchev–Trinajstić information content (AvgIpc) is 3.89. The monoisotopic (exact) mass is 661 g/mol. The Morgan fingerprint density at radius 2 is 1.66 bits per heavy atom. The number of benzene rings is 5. The summed E-state index contributed by atoms with van der Waals surface area (Å²) >= 11 is 0. The molecule has 1 spiro atoms. The van der Waals surface area contributed by atoms with Crippen LogP contribution in [0.15, 0.2) is 121 Å². The Morgan fingerprint density at radius 3 is 2.46 bits per heavy atom. The molecule has 9 rings (SSSR count). The van der Waals surface area contributed by atoms with Crippen molar-refractivity contribution in [3.8, 4) is 0 Å². The van der Waals surface area contributed by atoms with Crippen molar-refractivity contribution in [2.24, 2.45) is 5.92 Å². The van der Waals surface area contributed by atoms with E-state index in [9.17, 15) is 14.7 Å². The third-order valence-corrected chi connectivity index (χ3v) is 10.5. The summed E-state index contributed by atoms with van der Waals surface area (Å²) in [6, 6.07) is 37.1. The number of rotatable bonds is 8. The van der Waals surface area contributed by atoms with E-state index in [-0.39, 0.29) is 23.8 Å². The number of amides is 2. The van der Waals surface area contributed by atoms with E-state index in [1.165, 1.54) is 0 Å². The smallest absolute Gasteiger partial charge is 0.264 e. The molecule has 6 aromatic rings. The Morgan fingerprint density at radius 1 is 0.900 bits per heavy atom. The molecule has 4 atom stereocenters. The molecule has 1 aromatic heterocycles. The lowest BCUT2D eigenvalue weighted by Gasteiger charge is -2.29. The van der Waals surface area contributed by atoms with Crippen molar-refractivity contribution in [2.75, 3.05) is 9.80 Å². The number of aliphatic hydroxyl groups is 1. The minimum atomic E-state index is -1.20. The van der Waals surface area contributed by atoms with Gasteiger partial charge in [0.25, 0.3) is 11.8 Å². The Bertz CT molecular complexity index is 2270. The number of aromatic nitrogens is 3. The molecule has 9 heteroatoms. The van der Waals surface area contributed by atoms with Crippen molar-refractivity contribution in [1.29, 1.82) is 0 Å². The van der Waals surface area contributed by atoms with Crippen molar-refractivity contribution < 1.29 is 19.4 Å². The van der Waals surface area contributed by atoms with Crippen LogP contribution in [-0.4, -0.2) is 38.0 Å². The van der Waals surface area contributed by atoms with Gasteiger partial charge in [-0.05, 0) is 59.7 Å². The van der Waals surface area contributed by atoms with Gasteiger partial charge in [-0.3, -0.25) is 19.2 Å². The van der Waals surface area contributed by atoms with Crippen molar-refractivity contribution in [1.82, 2.24) is 15.0 Å². The number of carbonyl (C=O) groups is 2. The van der Waals surface area contributed by atoms with E-state index in [1.807, 2.05) is 120 Å². The van der Waals surface area contributed by atoms with Crippen LogP contribution in [0.1, 0.15) is 58.6 Å². The highest BCUT2D eigenvalue weighted by Gasteiger charge is 2.60. The number of ether oxygens (including phenoxy) is 1. The number of carbonyl (C=O) groups excluding carboxylic acids is 2. The Kier molecular flexibility index (Phi) is 7.15. The van der Waals surface area contributed by atoms with Crippen LogP contribution < -0.4 is 9.80 Å². The summed E-state index contributed by atoms with van der Waals surface area (Å²) in [7, 11) is 0. The maximum absolute atomic E-state index is 14.7. The Labute approximate surface area is 289 Å². The molecule has 3 aliphatic heterocycles. The van der Waals surface area contributed by atoms with E-state index in [0.29, 0.717) is 42.9 Å². The number of hydrogen-bond donors (Lipinski definition) is 1. The van der Waals surface area contributed by atoms with Gasteiger partial charge in [0.05, 0.1) is 35.8 Å². The molecule has 2 amide bonds. The van der Waals surface area contributed by atoms with Crippen LogP contribution in [0, 0.1) is 5.92 Å². The van der Waals surface area contributed by atoms with E-state index < -0.39 is 11.7 Å². The number of aryl methyl sites for hydroxylation is 1. The minimum Gasteiger partial charge on any atom is -0.382 e. The van der Waals surface area contributed by atoms with Crippen molar-refractivity contribution >= 4 is 39.6 Å². The highest BCUT2D eigenvalue weighted by molar-refractivity contribution is 6.28. The average molecular weight is 662 g/mol. The zero-order valence-electron chi connectivity index (χ0n) is 27.5. The molecule has 1 N–H and O–H groups in total. The van der Waals surface area contributed by atoms with Gasteiger partial charge < -0.3 is 14.7 Å². The quantitative estimate of drug-likeness (QED) is 0.188. The summed E-state index contributed by atoms with van der Waals surface area (Å²) in [5, 5.41) is 21.3. The molecular formula is C41H35N5O4. The maximum Gasteiger partial charge on any atom is 0.264 e. The molecule has 0 unspecified atom stereocenters. The SMILES string of the molecule is C[C@@H]1C[C@H](CCn2cc([C@H](O)c3ccccc3)nn2)O[C@@]12C(=O)N(Cc1ccccc1)c1ccc(N3C(=O)c4cccc5cccc3c45)cc12. The number of fused-ring (bicyclic) bond motifs is 2. The molecular weight excluding hydrogens is 626 g/mol. The molecule has 1 saturated heterocycles. The second-order valence-corrected chi connectivity index (χ2v) is 13.5. The normalized spacial score (nSPS) is 21.5. The summed E-state index contributed by atoms with van der Waals surface area (Å²) in [5.74, 6) is -0.300. The minimum absolute atomic E-state index is 0.0842. The summed E-state index contributed by atoms with van der Waals surface area (Å²) in [6.45, 7) is 3.01. The molecule has 0 aliphatic carbocycles.